The van der Waals surface area contributed by atoms with Crippen molar-refractivity contribution in [3.05, 3.63) is 10.6 Å². The molecule has 24 heavy (non-hydrogen) atoms. The van der Waals surface area contributed by atoms with Gasteiger partial charge >= 0.3 is 0 Å². The second kappa shape index (κ2) is 6.58. The summed E-state index contributed by atoms with van der Waals surface area (Å²) in [6.45, 7) is 4.96. The molecule has 1 aromatic heterocycles. The molecule has 3 heterocycles. The Morgan fingerprint density at radius 2 is 2.04 bits per heavy atom. The quantitative estimate of drug-likeness (QED) is 0.791. The molecule has 10 heteroatoms. The highest BCUT2D eigenvalue weighted by Crippen LogP contribution is 2.37. The first-order valence-corrected chi connectivity index (χ1v) is 10.3. The van der Waals surface area contributed by atoms with E-state index in [0.29, 0.717) is 32.5 Å². The topological polar surface area (TPSA) is 89.9 Å². The van der Waals surface area contributed by atoms with Crippen LogP contribution in [0.2, 0.25) is 0 Å². The van der Waals surface area contributed by atoms with Crippen molar-refractivity contribution < 1.29 is 13.5 Å². The maximum Gasteiger partial charge on any atom is 0.281 e. The van der Waals surface area contributed by atoms with E-state index in [2.05, 4.69) is 14.5 Å². The predicted molar refractivity (Wildman–Crippen MR) is 91.8 cm³/mol. The van der Waals surface area contributed by atoms with Gasteiger partial charge in [-0.15, -0.1) is 5.10 Å². The van der Waals surface area contributed by atoms with Crippen LogP contribution in [-0.2, 0) is 16.8 Å². The predicted octanol–water partition coefficient (Wildman–Crippen LogP) is -0.0884. The molecule has 2 aliphatic heterocycles. The van der Waals surface area contributed by atoms with Gasteiger partial charge < -0.3 is 5.11 Å². The summed E-state index contributed by atoms with van der Waals surface area (Å²) < 4.78 is 31.5. The minimum Gasteiger partial charge on any atom is -0.389 e. The lowest BCUT2D eigenvalue weighted by molar-refractivity contribution is -0.103. The number of hydrogen-bond acceptors (Lipinski definition) is 7. The van der Waals surface area contributed by atoms with Gasteiger partial charge in [0.25, 0.3) is 10.2 Å². The largest absolute Gasteiger partial charge is 0.389 e. The van der Waals surface area contributed by atoms with Crippen LogP contribution in [0.4, 0.5) is 0 Å². The van der Waals surface area contributed by atoms with Gasteiger partial charge in [0, 0.05) is 52.7 Å². The van der Waals surface area contributed by atoms with Crippen LogP contribution in [0.5, 0.6) is 0 Å². The number of aliphatic hydroxyl groups is 1. The molecule has 0 amide bonds. The van der Waals surface area contributed by atoms with Gasteiger partial charge in [0.2, 0.25) is 0 Å². The Balaban J connectivity index is 1.71. The summed E-state index contributed by atoms with van der Waals surface area (Å²) in [5.41, 5.74) is 0.192. The van der Waals surface area contributed by atoms with Crippen LogP contribution in [-0.4, -0.2) is 82.5 Å². The summed E-state index contributed by atoms with van der Waals surface area (Å²) in [4.78, 5) is 3.40. The van der Waals surface area contributed by atoms with Gasteiger partial charge in [-0.3, -0.25) is 4.90 Å². The van der Waals surface area contributed by atoms with E-state index in [1.165, 1.54) is 20.1 Å². The maximum atomic E-state index is 12.4. The minimum absolute atomic E-state index is 0.0732. The smallest absolute Gasteiger partial charge is 0.281 e. The highest BCUT2D eigenvalue weighted by molar-refractivity contribution is 7.86. The van der Waals surface area contributed by atoms with Crippen molar-refractivity contribution in [2.75, 3.05) is 40.3 Å². The number of piperidine rings is 2. The van der Waals surface area contributed by atoms with Crippen molar-refractivity contribution in [2.45, 2.75) is 31.9 Å². The summed E-state index contributed by atoms with van der Waals surface area (Å²) in [5.74, 6) is -0.0732. The van der Waals surface area contributed by atoms with Crippen LogP contribution in [0.25, 0.3) is 0 Å². The Bertz CT molecular complexity index is 692. The molecule has 0 spiro atoms. The number of nitrogens with zero attached hydrogens (tertiary/aromatic N) is 5. The molecule has 2 atom stereocenters. The third kappa shape index (κ3) is 3.35. The van der Waals surface area contributed by atoms with Gasteiger partial charge in [0.1, 0.15) is 0 Å². The molecular formula is C14H25N5O3S2. The fourth-order valence-corrected chi connectivity index (χ4v) is 5.35. The van der Waals surface area contributed by atoms with Crippen LogP contribution >= 0.6 is 11.5 Å². The lowest BCUT2D eigenvalue weighted by Gasteiger charge is -2.50. The van der Waals surface area contributed by atoms with Gasteiger partial charge in [-0.25, -0.2) is 0 Å². The molecule has 136 valence electrons. The van der Waals surface area contributed by atoms with E-state index in [1.54, 1.807) is 14.1 Å². The summed E-state index contributed by atoms with van der Waals surface area (Å²) in [7, 11) is -0.343. The molecule has 1 aromatic rings. The first-order chi connectivity index (χ1) is 11.2. The van der Waals surface area contributed by atoms with Crippen molar-refractivity contribution >= 4 is 21.7 Å². The van der Waals surface area contributed by atoms with E-state index >= 15 is 0 Å². The van der Waals surface area contributed by atoms with Crippen molar-refractivity contribution in [1.29, 1.82) is 0 Å². The lowest BCUT2D eigenvalue weighted by atomic mass is 9.76. The van der Waals surface area contributed by atoms with Gasteiger partial charge in [0.05, 0.1) is 16.2 Å². The first-order valence-electron chi connectivity index (χ1n) is 8.12. The minimum atomic E-state index is -3.43. The van der Waals surface area contributed by atoms with Crippen molar-refractivity contribution in [1.82, 2.24) is 23.1 Å². The second-order valence-corrected chi connectivity index (χ2v) is 9.95. The highest BCUT2D eigenvalue weighted by atomic mass is 32.2. The average molecular weight is 376 g/mol. The Hall–Kier alpha value is -0.650. The number of rotatable bonds is 4. The second-order valence-electron chi connectivity index (χ2n) is 6.97. The Morgan fingerprint density at radius 1 is 1.33 bits per heavy atom. The Morgan fingerprint density at radius 3 is 2.67 bits per heavy atom. The van der Waals surface area contributed by atoms with Crippen LogP contribution in [0.1, 0.15) is 23.4 Å². The first kappa shape index (κ1) is 18.2. The van der Waals surface area contributed by atoms with E-state index in [-0.39, 0.29) is 5.92 Å². The van der Waals surface area contributed by atoms with Crippen molar-refractivity contribution in [3.63, 3.8) is 0 Å². The summed E-state index contributed by atoms with van der Waals surface area (Å²) in [6.07, 6.45) is 1.18. The van der Waals surface area contributed by atoms with E-state index in [9.17, 15) is 13.5 Å². The fraction of sp³-hybridized carbons (Fsp3) is 0.857. The lowest BCUT2D eigenvalue weighted by Crippen LogP contribution is -2.61. The van der Waals surface area contributed by atoms with Crippen molar-refractivity contribution in [3.8, 4) is 0 Å². The number of aryl methyl sites for hydroxylation is 1. The van der Waals surface area contributed by atoms with Gasteiger partial charge in [-0.05, 0) is 31.3 Å². The zero-order valence-corrected chi connectivity index (χ0v) is 16.0. The molecule has 0 aromatic carbocycles. The fourth-order valence-electron chi connectivity index (χ4n) is 3.52. The van der Waals surface area contributed by atoms with E-state index in [4.69, 9.17) is 0 Å². The van der Waals surface area contributed by atoms with Crippen LogP contribution in [0.15, 0.2) is 0 Å². The monoisotopic (exact) mass is 375 g/mol. The van der Waals surface area contributed by atoms with E-state index in [1.807, 2.05) is 6.92 Å². The normalized spacial score (nSPS) is 29.8. The average Bonchev–Trinajstić information content (AvgIpc) is 2.92. The molecular weight excluding hydrogens is 350 g/mol. The Labute approximate surface area is 147 Å². The Kier molecular flexibility index (Phi) is 4.98. The van der Waals surface area contributed by atoms with Gasteiger partial charge in [-0.1, -0.05) is 4.49 Å². The number of likely N-dealkylation sites (tertiary alicyclic amines) is 1. The molecule has 0 saturated carbocycles. The molecule has 0 unspecified atom stereocenters. The summed E-state index contributed by atoms with van der Waals surface area (Å²) >= 11 is 1.40. The molecule has 0 radical (unpaired) electrons. The maximum absolute atomic E-state index is 12.4. The zero-order chi connectivity index (χ0) is 17.5. The van der Waals surface area contributed by atoms with Crippen LogP contribution in [0.3, 0.4) is 0 Å². The molecule has 1 N–H and O–H groups in total. The SMILES string of the molecule is Cc1nnsc1CN1CC[C@@]2(O)CCN(S(=O)(=O)N(C)C)C[C@H]2C1. The molecule has 0 bridgehead atoms. The molecule has 2 fully saturated rings. The van der Waals surface area contributed by atoms with Crippen molar-refractivity contribution in [2.24, 2.45) is 5.92 Å². The number of aromatic nitrogens is 2. The summed E-state index contributed by atoms with van der Waals surface area (Å²) in [6, 6.07) is 0. The molecule has 2 aliphatic rings. The standard InChI is InChI=1S/C14H25N5O3S2/c1-11-13(23-16-15-11)10-18-6-4-14(20)5-7-19(9-12(14)8-18)24(21,22)17(2)3/h12,20H,4-10H2,1-3H3/t12-,14-/m1/s1. The van der Waals surface area contributed by atoms with Crippen LogP contribution < -0.4 is 0 Å². The van der Waals surface area contributed by atoms with Gasteiger partial charge in [-0.2, -0.15) is 17.0 Å². The molecule has 2 saturated heterocycles. The van der Waals surface area contributed by atoms with E-state index in [0.717, 1.165) is 23.7 Å². The zero-order valence-electron chi connectivity index (χ0n) is 14.3. The molecule has 8 nitrogen and oxygen atoms in total. The number of fused-ring (bicyclic) bond motifs is 1. The highest BCUT2D eigenvalue weighted by Gasteiger charge is 2.47. The van der Waals surface area contributed by atoms with Gasteiger partial charge in [0.15, 0.2) is 0 Å². The third-order valence-corrected chi connectivity index (χ3v) is 7.93. The third-order valence-electron chi connectivity index (χ3n) is 5.22. The summed E-state index contributed by atoms with van der Waals surface area (Å²) in [5, 5.41) is 15.0. The molecule has 3 rings (SSSR count). The van der Waals surface area contributed by atoms with E-state index < -0.39 is 15.8 Å². The number of hydrogen-bond donors (Lipinski definition) is 1. The van der Waals surface area contributed by atoms with Crippen LogP contribution in [0, 0.1) is 12.8 Å². The molecule has 0 aliphatic carbocycles.